The van der Waals surface area contributed by atoms with Gasteiger partial charge in [0, 0.05) is 21.5 Å². The average Bonchev–Trinajstić information content (AvgIpc) is 2.13. The van der Waals surface area contributed by atoms with Crippen LogP contribution in [0.5, 0.6) is 0 Å². The zero-order chi connectivity index (χ0) is 13.1. The maximum absolute atomic E-state index is 13.4. The predicted molar refractivity (Wildman–Crippen MR) is 74.8 cm³/mol. The number of benzene rings is 1. The molecule has 17 heavy (non-hydrogen) atoms. The fraction of sp³-hybridized carbons (Fsp3) is 0.500. The lowest BCUT2D eigenvalue weighted by molar-refractivity contribution is 0.587. The summed E-state index contributed by atoms with van der Waals surface area (Å²) < 4.78 is 27.4. The zero-order valence-electron chi connectivity index (χ0n) is 10.1. The molecule has 0 radical (unpaired) electrons. The Labute approximate surface area is 113 Å². The molecule has 1 aromatic rings. The van der Waals surface area contributed by atoms with E-state index in [0.29, 0.717) is 11.0 Å². The highest BCUT2D eigenvalue weighted by Gasteiger charge is 2.12. The van der Waals surface area contributed by atoms with Gasteiger partial charge in [-0.05, 0) is 12.1 Å². The highest BCUT2D eigenvalue weighted by Crippen LogP contribution is 2.25. The molecule has 0 heterocycles. The first-order chi connectivity index (χ1) is 7.79. The Hall–Kier alpha value is -0.290. The van der Waals surface area contributed by atoms with E-state index >= 15 is 0 Å². The first-order valence-electron chi connectivity index (χ1n) is 5.32. The van der Waals surface area contributed by atoms with E-state index < -0.39 is 11.6 Å². The maximum Gasteiger partial charge on any atom is 0.150 e. The summed E-state index contributed by atoms with van der Waals surface area (Å²) >= 11 is 4.79. The number of rotatable bonds is 4. The van der Waals surface area contributed by atoms with Crippen molar-refractivity contribution in [2.75, 3.05) is 17.6 Å². The van der Waals surface area contributed by atoms with Crippen LogP contribution in [0.1, 0.15) is 20.8 Å². The van der Waals surface area contributed by atoms with Crippen LogP contribution in [-0.4, -0.2) is 17.0 Å². The lowest BCUT2D eigenvalue weighted by Crippen LogP contribution is -2.14. The third kappa shape index (κ3) is 5.25. The topological polar surface area (TPSA) is 12.0 Å². The third-order valence-electron chi connectivity index (χ3n) is 1.95. The molecular formula is C12H16BrF2NS. The predicted octanol–water partition coefficient (Wildman–Crippen LogP) is 4.67. The first kappa shape index (κ1) is 14.8. The van der Waals surface area contributed by atoms with Gasteiger partial charge in [-0.1, -0.05) is 36.7 Å². The van der Waals surface area contributed by atoms with Gasteiger partial charge in [0.2, 0.25) is 0 Å². The van der Waals surface area contributed by atoms with Crippen molar-refractivity contribution in [1.29, 1.82) is 0 Å². The molecule has 0 saturated carbocycles. The van der Waals surface area contributed by atoms with Crippen LogP contribution in [0.15, 0.2) is 16.6 Å². The molecule has 1 rings (SSSR count). The van der Waals surface area contributed by atoms with Crippen LogP contribution in [0, 0.1) is 11.6 Å². The maximum atomic E-state index is 13.4. The second kappa shape index (κ2) is 6.05. The van der Waals surface area contributed by atoms with Gasteiger partial charge in [0.1, 0.15) is 17.3 Å². The van der Waals surface area contributed by atoms with Gasteiger partial charge in [-0.2, -0.15) is 11.8 Å². The summed E-state index contributed by atoms with van der Waals surface area (Å²) in [5.41, 5.74) is -0.0530. The van der Waals surface area contributed by atoms with E-state index in [2.05, 4.69) is 42.0 Å². The SMILES string of the molecule is CC(C)(C)SCCNc1c(F)cc(Br)cc1F. The number of anilines is 1. The standard InChI is InChI=1S/C12H16BrF2NS/c1-12(2,3)17-5-4-16-11-9(14)6-8(13)7-10(11)15/h6-7,16H,4-5H2,1-3H3. The van der Waals surface area contributed by atoms with Crippen LogP contribution in [0.4, 0.5) is 14.5 Å². The average molecular weight is 324 g/mol. The Morgan fingerprint density at radius 3 is 2.24 bits per heavy atom. The zero-order valence-corrected chi connectivity index (χ0v) is 12.5. The number of hydrogen-bond donors (Lipinski definition) is 1. The quantitative estimate of drug-likeness (QED) is 0.808. The van der Waals surface area contributed by atoms with Gasteiger partial charge in [0.05, 0.1) is 0 Å². The van der Waals surface area contributed by atoms with Gasteiger partial charge >= 0.3 is 0 Å². The molecule has 0 aliphatic heterocycles. The molecule has 0 fully saturated rings. The van der Waals surface area contributed by atoms with Crippen LogP contribution >= 0.6 is 27.7 Å². The Morgan fingerprint density at radius 2 is 1.76 bits per heavy atom. The van der Waals surface area contributed by atoms with Gasteiger partial charge < -0.3 is 5.32 Å². The molecule has 1 aromatic carbocycles. The van der Waals surface area contributed by atoms with Crippen molar-refractivity contribution in [2.45, 2.75) is 25.5 Å². The fourth-order valence-corrected chi connectivity index (χ4v) is 2.46. The van der Waals surface area contributed by atoms with Crippen LogP contribution in [0.3, 0.4) is 0 Å². The first-order valence-corrected chi connectivity index (χ1v) is 7.10. The van der Waals surface area contributed by atoms with Gasteiger partial charge in [0.25, 0.3) is 0 Å². The minimum Gasteiger partial charge on any atom is -0.379 e. The minimum atomic E-state index is -0.572. The monoisotopic (exact) mass is 323 g/mol. The molecule has 0 aliphatic rings. The fourth-order valence-electron chi connectivity index (χ4n) is 1.24. The van der Waals surface area contributed by atoms with Crippen molar-refractivity contribution in [3.05, 3.63) is 28.2 Å². The second-order valence-electron chi connectivity index (χ2n) is 4.63. The Kier molecular flexibility index (Phi) is 5.25. The van der Waals surface area contributed by atoms with Gasteiger partial charge in [0.15, 0.2) is 0 Å². The van der Waals surface area contributed by atoms with E-state index in [1.54, 1.807) is 11.8 Å². The van der Waals surface area contributed by atoms with Crippen molar-refractivity contribution in [1.82, 2.24) is 0 Å². The second-order valence-corrected chi connectivity index (χ2v) is 7.47. The lowest BCUT2D eigenvalue weighted by Gasteiger charge is -2.18. The Bertz CT molecular complexity index is 368. The highest BCUT2D eigenvalue weighted by atomic mass is 79.9. The molecule has 0 saturated heterocycles. The van der Waals surface area contributed by atoms with Crippen molar-refractivity contribution in [3.63, 3.8) is 0 Å². The lowest BCUT2D eigenvalue weighted by atomic mass is 10.3. The molecule has 5 heteroatoms. The van der Waals surface area contributed by atoms with E-state index in [1.165, 1.54) is 12.1 Å². The Balaban J connectivity index is 2.53. The van der Waals surface area contributed by atoms with Crippen molar-refractivity contribution in [3.8, 4) is 0 Å². The molecule has 0 aromatic heterocycles. The molecule has 96 valence electrons. The third-order valence-corrected chi connectivity index (χ3v) is 3.68. The van der Waals surface area contributed by atoms with Crippen LogP contribution in [0.25, 0.3) is 0 Å². The largest absolute Gasteiger partial charge is 0.379 e. The number of hydrogen-bond acceptors (Lipinski definition) is 2. The van der Waals surface area contributed by atoms with E-state index in [4.69, 9.17) is 0 Å². The summed E-state index contributed by atoms with van der Waals surface area (Å²) in [6.07, 6.45) is 0. The normalized spacial score (nSPS) is 11.6. The summed E-state index contributed by atoms with van der Waals surface area (Å²) in [6.45, 7) is 6.87. The van der Waals surface area contributed by atoms with Gasteiger partial charge in [-0.3, -0.25) is 0 Å². The van der Waals surface area contributed by atoms with Gasteiger partial charge in [-0.15, -0.1) is 0 Å². The van der Waals surface area contributed by atoms with E-state index in [9.17, 15) is 8.78 Å². The molecule has 0 amide bonds. The number of thioether (sulfide) groups is 1. The van der Waals surface area contributed by atoms with Crippen molar-refractivity contribution < 1.29 is 8.78 Å². The molecule has 1 N–H and O–H groups in total. The van der Waals surface area contributed by atoms with Crippen LogP contribution in [-0.2, 0) is 0 Å². The number of halogens is 3. The molecule has 1 nitrogen and oxygen atoms in total. The minimum absolute atomic E-state index is 0.0530. The van der Waals surface area contributed by atoms with Crippen LogP contribution < -0.4 is 5.32 Å². The van der Waals surface area contributed by atoms with Gasteiger partial charge in [-0.25, -0.2) is 8.78 Å². The number of nitrogens with one attached hydrogen (secondary N) is 1. The summed E-state index contributed by atoms with van der Waals surface area (Å²) in [4.78, 5) is 0. The Morgan fingerprint density at radius 1 is 1.24 bits per heavy atom. The summed E-state index contributed by atoms with van der Waals surface area (Å²) in [5, 5.41) is 2.79. The van der Waals surface area contributed by atoms with Crippen molar-refractivity contribution >= 4 is 33.4 Å². The molecular weight excluding hydrogens is 308 g/mol. The van der Waals surface area contributed by atoms with E-state index in [0.717, 1.165) is 5.75 Å². The molecule has 0 bridgehead atoms. The highest BCUT2D eigenvalue weighted by molar-refractivity contribution is 9.10. The molecule has 0 atom stereocenters. The molecule has 0 aliphatic carbocycles. The summed E-state index contributed by atoms with van der Waals surface area (Å²) in [7, 11) is 0. The smallest absolute Gasteiger partial charge is 0.150 e. The summed E-state index contributed by atoms with van der Waals surface area (Å²) in [5.74, 6) is -0.339. The van der Waals surface area contributed by atoms with Crippen molar-refractivity contribution in [2.24, 2.45) is 0 Å². The molecule has 0 unspecified atom stereocenters. The van der Waals surface area contributed by atoms with E-state index in [1.807, 2.05) is 0 Å². The van der Waals surface area contributed by atoms with E-state index in [-0.39, 0.29) is 10.4 Å². The van der Waals surface area contributed by atoms with Crippen LogP contribution in [0.2, 0.25) is 0 Å². The summed E-state index contributed by atoms with van der Waals surface area (Å²) in [6, 6.07) is 2.50. The molecule has 0 spiro atoms.